The van der Waals surface area contributed by atoms with Crippen LogP contribution in [-0.2, 0) is 4.79 Å². The Morgan fingerprint density at radius 3 is 2.80 bits per heavy atom. The third-order valence-corrected chi connectivity index (χ3v) is 3.32. The summed E-state index contributed by atoms with van der Waals surface area (Å²) >= 11 is 3.45. The smallest absolute Gasteiger partial charge is 0.225 e. The maximum Gasteiger partial charge on any atom is 0.225 e. The summed E-state index contributed by atoms with van der Waals surface area (Å²) in [6, 6.07) is 8.23. The first kappa shape index (κ1) is 10.7. The lowest BCUT2D eigenvalue weighted by atomic mass is 10.1. The highest BCUT2D eigenvalue weighted by Crippen LogP contribution is 2.48. The fraction of sp³-hybridized carbons (Fsp3) is 0.417. The van der Waals surface area contributed by atoms with Crippen molar-refractivity contribution in [3.63, 3.8) is 0 Å². The molecule has 1 fully saturated rings. The van der Waals surface area contributed by atoms with Gasteiger partial charge in [0.15, 0.2) is 0 Å². The maximum atomic E-state index is 11.7. The van der Waals surface area contributed by atoms with Crippen LogP contribution in [0.4, 0.5) is 0 Å². The van der Waals surface area contributed by atoms with Crippen LogP contribution in [0.1, 0.15) is 17.9 Å². The van der Waals surface area contributed by atoms with Gasteiger partial charge in [0, 0.05) is 24.5 Å². The van der Waals surface area contributed by atoms with Gasteiger partial charge in [-0.15, -0.1) is 0 Å². The van der Waals surface area contributed by atoms with Crippen LogP contribution in [0, 0.1) is 5.92 Å². The number of carbonyl (C=O) groups is 1. The fourth-order valence-corrected chi connectivity index (χ4v) is 2.32. The molecule has 1 aromatic rings. The standard InChI is InChI=1S/C12H14BrNO/c1-14(2)12(15)11-7-10(11)8-4-3-5-9(13)6-8/h3-6,10-11H,7H2,1-2H3/t10-,11-/m1/s1. The average molecular weight is 268 g/mol. The van der Waals surface area contributed by atoms with Gasteiger partial charge in [0.1, 0.15) is 0 Å². The van der Waals surface area contributed by atoms with Crippen LogP contribution in [0.15, 0.2) is 28.7 Å². The molecule has 0 aliphatic heterocycles. The summed E-state index contributed by atoms with van der Waals surface area (Å²) in [4.78, 5) is 13.4. The van der Waals surface area contributed by atoms with Crippen LogP contribution in [0.3, 0.4) is 0 Å². The highest BCUT2D eigenvalue weighted by molar-refractivity contribution is 9.10. The molecule has 1 aliphatic carbocycles. The largest absolute Gasteiger partial charge is 0.349 e. The number of carbonyl (C=O) groups excluding carboxylic acids is 1. The Morgan fingerprint density at radius 2 is 2.20 bits per heavy atom. The van der Waals surface area contributed by atoms with Crippen molar-refractivity contribution in [1.29, 1.82) is 0 Å². The Kier molecular flexibility index (Phi) is 2.83. The van der Waals surface area contributed by atoms with E-state index in [-0.39, 0.29) is 11.8 Å². The molecule has 0 unspecified atom stereocenters. The number of nitrogens with zero attached hydrogens (tertiary/aromatic N) is 1. The predicted molar refractivity (Wildman–Crippen MR) is 63.7 cm³/mol. The number of hydrogen-bond donors (Lipinski definition) is 0. The van der Waals surface area contributed by atoms with Gasteiger partial charge in [-0.05, 0) is 30.0 Å². The van der Waals surface area contributed by atoms with Gasteiger partial charge in [0.2, 0.25) is 5.91 Å². The van der Waals surface area contributed by atoms with E-state index in [0.29, 0.717) is 5.92 Å². The van der Waals surface area contributed by atoms with Crippen molar-refractivity contribution in [1.82, 2.24) is 4.90 Å². The molecule has 0 heterocycles. The van der Waals surface area contributed by atoms with Crippen molar-refractivity contribution >= 4 is 21.8 Å². The van der Waals surface area contributed by atoms with Gasteiger partial charge in [-0.2, -0.15) is 0 Å². The average Bonchev–Trinajstić information content (AvgIpc) is 2.96. The number of rotatable bonds is 2. The molecule has 80 valence electrons. The molecule has 2 atom stereocenters. The highest BCUT2D eigenvalue weighted by Gasteiger charge is 2.44. The third-order valence-electron chi connectivity index (χ3n) is 2.83. The SMILES string of the molecule is CN(C)C(=O)[C@@H]1C[C@@H]1c1cccc(Br)c1. The van der Waals surface area contributed by atoms with Gasteiger partial charge in [0.05, 0.1) is 0 Å². The summed E-state index contributed by atoms with van der Waals surface area (Å²) in [7, 11) is 3.64. The van der Waals surface area contributed by atoms with Crippen LogP contribution >= 0.6 is 15.9 Å². The summed E-state index contributed by atoms with van der Waals surface area (Å²) in [6.45, 7) is 0. The van der Waals surface area contributed by atoms with Crippen LogP contribution in [0.2, 0.25) is 0 Å². The number of halogens is 1. The van der Waals surface area contributed by atoms with Gasteiger partial charge in [-0.1, -0.05) is 28.1 Å². The van der Waals surface area contributed by atoms with Crippen molar-refractivity contribution in [2.75, 3.05) is 14.1 Å². The molecule has 15 heavy (non-hydrogen) atoms. The fourth-order valence-electron chi connectivity index (χ4n) is 1.91. The van der Waals surface area contributed by atoms with Crippen molar-refractivity contribution in [3.8, 4) is 0 Å². The second kappa shape index (κ2) is 3.97. The molecule has 0 bridgehead atoms. The summed E-state index contributed by atoms with van der Waals surface area (Å²) in [5, 5.41) is 0. The summed E-state index contributed by atoms with van der Waals surface area (Å²) < 4.78 is 1.09. The minimum Gasteiger partial charge on any atom is -0.349 e. The monoisotopic (exact) mass is 267 g/mol. The zero-order valence-corrected chi connectivity index (χ0v) is 10.5. The molecule has 0 radical (unpaired) electrons. The summed E-state index contributed by atoms with van der Waals surface area (Å²) in [6.07, 6.45) is 0.994. The lowest BCUT2D eigenvalue weighted by Gasteiger charge is -2.09. The third kappa shape index (κ3) is 2.23. The van der Waals surface area contributed by atoms with Gasteiger partial charge >= 0.3 is 0 Å². The molecule has 0 N–H and O–H groups in total. The Morgan fingerprint density at radius 1 is 1.47 bits per heavy atom. The highest BCUT2D eigenvalue weighted by atomic mass is 79.9. The Labute approximate surface area is 98.4 Å². The van der Waals surface area contributed by atoms with Gasteiger partial charge < -0.3 is 4.90 Å². The van der Waals surface area contributed by atoms with E-state index in [1.807, 2.05) is 26.2 Å². The summed E-state index contributed by atoms with van der Waals surface area (Å²) in [5.41, 5.74) is 1.27. The first-order valence-electron chi connectivity index (χ1n) is 5.06. The van der Waals surface area contributed by atoms with E-state index in [0.717, 1.165) is 10.9 Å². The van der Waals surface area contributed by atoms with Gasteiger partial charge in [-0.25, -0.2) is 0 Å². The molecule has 1 amide bonds. The molecule has 1 saturated carbocycles. The zero-order chi connectivity index (χ0) is 11.0. The molecule has 0 saturated heterocycles. The van der Waals surface area contributed by atoms with E-state index in [2.05, 4.69) is 28.1 Å². The maximum absolute atomic E-state index is 11.7. The van der Waals surface area contributed by atoms with E-state index in [1.54, 1.807) is 4.90 Å². The molecule has 0 spiro atoms. The van der Waals surface area contributed by atoms with Crippen molar-refractivity contribution < 1.29 is 4.79 Å². The first-order chi connectivity index (χ1) is 7.09. The van der Waals surface area contributed by atoms with Gasteiger partial charge in [-0.3, -0.25) is 4.79 Å². The minimum absolute atomic E-state index is 0.203. The minimum atomic E-state index is 0.203. The molecule has 0 aromatic heterocycles. The quantitative estimate of drug-likeness (QED) is 0.807. The molecular formula is C12H14BrNO. The second-order valence-corrected chi connectivity index (χ2v) is 5.15. The topological polar surface area (TPSA) is 20.3 Å². The van der Waals surface area contributed by atoms with Crippen LogP contribution < -0.4 is 0 Å². The number of benzene rings is 1. The number of amides is 1. The molecule has 2 nitrogen and oxygen atoms in total. The zero-order valence-electron chi connectivity index (χ0n) is 8.90. The number of hydrogen-bond acceptors (Lipinski definition) is 1. The summed E-state index contributed by atoms with van der Waals surface area (Å²) in [5.74, 6) is 0.881. The van der Waals surface area contributed by atoms with E-state index < -0.39 is 0 Å². The molecule has 1 aliphatic rings. The first-order valence-corrected chi connectivity index (χ1v) is 5.85. The Hall–Kier alpha value is -0.830. The molecule has 1 aromatic carbocycles. The normalized spacial score (nSPS) is 23.7. The van der Waals surface area contributed by atoms with E-state index in [4.69, 9.17) is 0 Å². The second-order valence-electron chi connectivity index (χ2n) is 4.24. The predicted octanol–water partition coefficient (Wildman–Crippen LogP) is 2.64. The lowest BCUT2D eigenvalue weighted by molar-refractivity contribution is -0.130. The van der Waals surface area contributed by atoms with Gasteiger partial charge in [0.25, 0.3) is 0 Å². The molecular weight excluding hydrogens is 254 g/mol. The molecule has 2 rings (SSSR count). The lowest BCUT2D eigenvalue weighted by Crippen LogP contribution is -2.23. The Bertz CT molecular complexity index is 389. The van der Waals surface area contributed by atoms with E-state index >= 15 is 0 Å². The van der Waals surface area contributed by atoms with E-state index in [9.17, 15) is 4.79 Å². The van der Waals surface area contributed by atoms with Crippen LogP contribution in [0.25, 0.3) is 0 Å². The van der Waals surface area contributed by atoms with Crippen LogP contribution in [0.5, 0.6) is 0 Å². The van der Waals surface area contributed by atoms with Crippen molar-refractivity contribution in [2.45, 2.75) is 12.3 Å². The van der Waals surface area contributed by atoms with Crippen LogP contribution in [-0.4, -0.2) is 24.9 Å². The van der Waals surface area contributed by atoms with Crippen molar-refractivity contribution in [2.24, 2.45) is 5.92 Å². The molecule has 3 heteroatoms. The van der Waals surface area contributed by atoms with Crippen molar-refractivity contribution in [3.05, 3.63) is 34.3 Å². The Balaban J connectivity index is 2.08. The van der Waals surface area contributed by atoms with E-state index in [1.165, 1.54) is 5.56 Å².